The number of imidazole rings is 1. The molecule has 8 N–H and O–H groups in total. The van der Waals surface area contributed by atoms with Gasteiger partial charge in [-0.1, -0.05) is 4.98 Å². The molecule has 3 rings (SSSR count). The predicted octanol–water partition coefficient (Wildman–Crippen LogP) is -2.62. The third-order valence-corrected chi connectivity index (χ3v) is 9.77. The molecule has 0 aliphatic carbocycles. The highest BCUT2D eigenvalue weighted by atomic mass is 31.3. The van der Waals surface area contributed by atoms with Gasteiger partial charge in [0.25, 0.3) is 11.5 Å². The van der Waals surface area contributed by atoms with Crippen molar-refractivity contribution in [2.75, 3.05) is 18.2 Å². The monoisotopic (exact) mass is 530 g/mol. The summed E-state index contributed by atoms with van der Waals surface area (Å²) in [7, 11) is -8.27. The number of fused-ring (bicyclic) bond motifs is 1. The Kier molecular flexibility index (Phi) is 7.13. The van der Waals surface area contributed by atoms with E-state index >= 15 is 0 Å². The number of hydrogen-bond donors (Lipinski definition) is 7. The normalized spacial score (nSPS) is 27.5. The molecule has 6 atom stereocenters. The number of aromatic amines is 1. The van der Waals surface area contributed by atoms with E-state index in [0.717, 1.165) is 0 Å². The van der Waals surface area contributed by atoms with Crippen molar-refractivity contribution in [3.05, 3.63) is 16.7 Å². The van der Waals surface area contributed by atoms with Crippen LogP contribution in [-0.2, 0) is 34.3 Å². The molecule has 3 radical (unpaired) electrons. The fourth-order valence-electron chi connectivity index (χ4n) is 3.19. The molecule has 2 aromatic rings. The third kappa shape index (κ3) is 5.99. The van der Waals surface area contributed by atoms with Crippen molar-refractivity contribution in [3.8, 4) is 0 Å². The molecule has 3 heterocycles. The Morgan fingerprint density at radius 2 is 1.94 bits per heavy atom. The lowest BCUT2D eigenvalue weighted by atomic mass is 10.1. The lowest BCUT2D eigenvalue weighted by Gasteiger charge is -2.29. The lowest BCUT2D eigenvalue weighted by molar-refractivity contribution is -0.745. The number of nitrogens with one attached hydrogen (secondary N) is 1. The number of aliphatic hydroxyl groups is 2. The minimum atomic E-state index is -5.11. The SMILES string of the molecule is [B-][P@@](=O)(OC[C@H]1O[C@@H]([n+]2cn(C)c3c(=O)[nH]c(N)nc32)[C@H](O)[C@@H]1O)OP(=O)(O)CP(=O)(O)O. The fraction of sp³-hybridized carbons (Fsp3) is 0.583. The van der Waals surface area contributed by atoms with Gasteiger partial charge in [-0.15, -0.1) is 0 Å². The second-order valence-electron chi connectivity index (χ2n) is 7.16. The molecule has 0 aromatic carbocycles. The van der Waals surface area contributed by atoms with E-state index in [1.54, 1.807) is 0 Å². The van der Waals surface area contributed by atoms with Crippen molar-refractivity contribution < 1.29 is 56.7 Å². The van der Waals surface area contributed by atoms with Gasteiger partial charge >= 0.3 is 20.8 Å². The molecule has 1 saturated heterocycles. The van der Waals surface area contributed by atoms with Gasteiger partial charge in [-0.25, -0.2) is 4.57 Å². The molecular weight excluding hydrogens is 510 g/mol. The first-order valence-corrected chi connectivity index (χ1v) is 14.1. The number of ether oxygens (including phenoxy) is 1. The highest BCUT2D eigenvalue weighted by molar-refractivity contribution is 7.85. The van der Waals surface area contributed by atoms with Crippen LogP contribution >= 0.6 is 22.7 Å². The highest BCUT2D eigenvalue weighted by Gasteiger charge is 2.47. The van der Waals surface area contributed by atoms with Crippen LogP contribution in [0.2, 0.25) is 0 Å². The number of rotatable bonds is 8. The maximum Gasteiger partial charge on any atom is 0.344 e. The Balaban J connectivity index is 1.76. The van der Waals surface area contributed by atoms with Crippen LogP contribution in [0.3, 0.4) is 0 Å². The number of nitrogen functional groups attached to an aromatic ring is 1. The van der Waals surface area contributed by atoms with Gasteiger partial charge in [0.1, 0.15) is 18.3 Å². The molecule has 1 unspecified atom stereocenters. The van der Waals surface area contributed by atoms with E-state index in [2.05, 4.69) is 14.3 Å². The van der Waals surface area contributed by atoms with Gasteiger partial charge in [0.05, 0.1) is 21.1 Å². The van der Waals surface area contributed by atoms with Gasteiger partial charge in [0.2, 0.25) is 11.7 Å². The number of H-pyrrole nitrogens is 1. The number of aromatic nitrogens is 4. The molecule has 0 amide bonds. The summed E-state index contributed by atoms with van der Waals surface area (Å²) in [6, 6.07) is 0. The summed E-state index contributed by atoms with van der Waals surface area (Å²) < 4.78 is 51.7. The Morgan fingerprint density at radius 1 is 1.30 bits per heavy atom. The van der Waals surface area contributed by atoms with Gasteiger partial charge in [-0.2, -0.15) is 0 Å². The smallest absolute Gasteiger partial charge is 0.344 e. The predicted molar refractivity (Wildman–Crippen MR) is 109 cm³/mol. The van der Waals surface area contributed by atoms with Crippen molar-refractivity contribution in [3.63, 3.8) is 0 Å². The van der Waals surface area contributed by atoms with Crippen molar-refractivity contribution >= 4 is 47.3 Å². The van der Waals surface area contributed by atoms with Crippen molar-refractivity contribution in [1.82, 2.24) is 14.5 Å². The molecule has 21 heteroatoms. The van der Waals surface area contributed by atoms with Crippen LogP contribution in [0.25, 0.3) is 11.2 Å². The minimum Gasteiger partial charge on any atom is -0.443 e. The van der Waals surface area contributed by atoms with Gasteiger partial charge in [-0.05, 0) is 0 Å². The average molecular weight is 530 g/mol. The molecule has 1 fully saturated rings. The zero-order chi connectivity index (χ0) is 24.9. The zero-order valence-corrected chi connectivity index (χ0v) is 19.4. The van der Waals surface area contributed by atoms with Gasteiger partial charge in [0, 0.05) is 0 Å². The fourth-order valence-corrected chi connectivity index (χ4v) is 7.69. The van der Waals surface area contributed by atoms with E-state index in [9.17, 15) is 33.6 Å². The molecule has 2 aromatic heterocycles. The van der Waals surface area contributed by atoms with E-state index in [1.165, 1.54) is 22.5 Å². The maximum atomic E-state index is 12.1. The first-order valence-electron chi connectivity index (χ1n) is 8.88. The van der Waals surface area contributed by atoms with E-state index in [0.29, 0.717) is 0 Å². The minimum absolute atomic E-state index is 0.0167. The summed E-state index contributed by atoms with van der Waals surface area (Å²) in [6.45, 7) is -0.820. The summed E-state index contributed by atoms with van der Waals surface area (Å²) >= 11 is 0. The van der Waals surface area contributed by atoms with Crippen LogP contribution < -0.4 is 15.9 Å². The molecule has 17 nitrogen and oxygen atoms in total. The number of anilines is 1. The van der Waals surface area contributed by atoms with Crippen LogP contribution in [0.5, 0.6) is 0 Å². The highest BCUT2D eigenvalue weighted by Crippen LogP contribution is 2.64. The Labute approximate surface area is 185 Å². The van der Waals surface area contributed by atoms with Gasteiger partial charge < -0.3 is 52.0 Å². The number of nitrogens with two attached hydrogens (primary N) is 1. The molecule has 1 aliphatic rings. The van der Waals surface area contributed by atoms with Crippen LogP contribution in [0.1, 0.15) is 6.23 Å². The maximum absolute atomic E-state index is 12.1. The molecule has 0 bridgehead atoms. The molecule has 0 saturated carbocycles. The summed E-state index contributed by atoms with van der Waals surface area (Å²) in [5.41, 5.74) is 5.09. The van der Waals surface area contributed by atoms with Crippen molar-refractivity contribution in [2.24, 2.45) is 7.05 Å². The lowest BCUT2D eigenvalue weighted by Crippen LogP contribution is -2.46. The van der Waals surface area contributed by atoms with E-state index in [-0.39, 0.29) is 17.1 Å². The molecular formula is C12H20BN5O12P3. The Hall–Kier alpha value is -1.42. The van der Waals surface area contributed by atoms with Gasteiger partial charge in [-0.3, -0.25) is 27.8 Å². The first-order chi connectivity index (χ1) is 15.0. The molecule has 183 valence electrons. The van der Waals surface area contributed by atoms with Crippen LogP contribution in [-0.4, -0.2) is 77.8 Å². The number of aryl methyl sites for hydroxylation is 1. The zero-order valence-electron chi connectivity index (χ0n) is 16.7. The summed E-state index contributed by atoms with van der Waals surface area (Å²) in [5, 5.41) is 20.7. The molecule has 0 spiro atoms. The van der Waals surface area contributed by atoms with Crippen LogP contribution in [0.15, 0.2) is 11.1 Å². The van der Waals surface area contributed by atoms with Crippen LogP contribution in [0, 0.1) is 0 Å². The van der Waals surface area contributed by atoms with E-state index in [4.69, 9.17) is 32.3 Å². The first kappa shape index (κ1) is 26.2. The third-order valence-electron chi connectivity index (χ3n) is 4.42. The Morgan fingerprint density at radius 3 is 2.55 bits per heavy atom. The summed E-state index contributed by atoms with van der Waals surface area (Å²) in [4.78, 5) is 45.4. The molecule has 1 aliphatic heterocycles. The van der Waals surface area contributed by atoms with Crippen molar-refractivity contribution in [1.29, 1.82) is 0 Å². The second kappa shape index (κ2) is 8.98. The summed E-state index contributed by atoms with van der Waals surface area (Å²) in [5.74, 6) is -1.87. The number of nitrogens with zero attached hydrogens (tertiary/aromatic N) is 3. The number of aliphatic hydroxyl groups excluding tert-OH is 2. The average Bonchev–Trinajstić information content (AvgIpc) is 3.07. The Bertz CT molecular complexity index is 1260. The van der Waals surface area contributed by atoms with E-state index < -0.39 is 65.3 Å². The van der Waals surface area contributed by atoms with Gasteiger partial charge in [0.15, 0.2) is 12.2 Å². The van der Waals surface area contributed by atoms with E-state index in [1.807, 2.05) is 0 Å². The van der Waals surface area contributed by atoms with Crippen LogP contribution in [0.4, 0.5) is 5.95 Å². The molecule has 33 heavy (non-hydrogen) atoms. The quantitative estimate of drug-likeness (QED) is 0.105. The standard InChI is InChI=1S/C12H19BN5O12P3/c1-17-3-18(9-6(17)10(21)16-12(14)15-9)11-8(20)7(19)5(29-11)2-28-33(13,27)30-32(25,26)4-31(22,23)24/h3,5,7-8,11,19-20H,2,4H2,1H3,(H5-,14,15,16,21,22,23,24,25,26)/q-1/p+1/t5-,7-,8-,11-,33-/m1/s1. The summed E-state index contributed by atoms with van der Waals surface area (Å²) in [6.07, 6.45) is -4.62. The topological polar surface area (TPSA) is 261 Å². The van der Waals surface area contributed by atoms with Crippen molar-refractivity contribution in [2.45, 2.75) is 24.5 Å². The number of hydrogen-bond acceptors (Lipinski definition) is 11. The second-order valence-corrected chi connectivity index (χ2v) is 12.9. The largest absolute Gasteiger partial charge is 0.443 e.